The van der Waals surface area contributed by atoms with Crippen LogP contribution in [0.1, 0.15) is 32.3 Å². The number of ether oxygens (including phenoxy) is 1. The molecule has 23 heavy (non-hydrogen) atoms. The van der Waals surface area contributed by atoms with Crippen LogP contribution in [0.5, 0.6) is 5.75 Å². The summed E-state index contributed by atoms with van der Waals surface area (Å²) < 4.78 is 31.5. The van der Waals surface area contributed by atoms with Gasteiger partial charge in [-0.15, -0.1) is 0 Å². The molecule has 7 heteroatoms. The SMILES string of the molecule is CCCCNC(=O)CN(C)S(=O)(=O)c1ccc(OCC)c(C)c1. The number of rotatable bonds is 9. The second kappa shape index (κ2) is 8.88. The predicted octanol–water partition coefficient (Wildman–Crippen LogP) is 1.93. The highest BCUT2D eigenvalue weighted by molar-refractivity contribution is 7.89. The van der Waals surface area contributed by atoms with Gasteiger partial charge < -0.3 is 10.1 Å². The van der Waals surface area contributed by atoms with Gasteiger partial charge in [-0.2, -0.15) is 4.31 Å². The molecule has 0 bridgehead atoms. The van der Waals surface area contributed by atoms with E-state index in [0.717, 1.165) is 22.7 Å². The first kappa shape index (κ1) is 19.4. The molecule has 1 aromatic carbocycles. The molecule has 1 rings (SSSR count). The monoisotopic (exact) mass is 342 g/mol. The van der Waals surface area contributed by atoms with E-state index in [4.69, 9.17) is 4.74 Å². The van der Waals surface area contributed by atoms with Crippen LogP contribution in [0.4, 0.5) is 0 Å². The molecular formula is C16H26N2O4S. The first-order chi connectivity index (χ1) is 10.8. The van der Waals surface area contributed by atoms with Gasteiger partial charge in [-0.3, -0.25) is 4.79 Å². The maximum atomic E-state index is 12.5. The van der Waals surface area contributed by atoms with Crippen LogP contribution < -0.4 is 10.1 Å². The smallest absolute Gasteiger partial charge is 0.243 e. The second-order valence-corrected chi connectivity index (χ2v) is 7.37. The third kappa shape index (κ3) is 5.51. The molecule has 0 aliphatic heterocycles. The summed E-state index contributed by atoms with van der Waals surface area (Å²) in [6.45, 7) is 6.57. The lowest BCUT2D eigenvalue weighted by Gasteiger charge is -2.18. The molecule has 0 unspecified atom stereocenters. The Balaban J connectivity index is 2.81. The summed E-state index contributed by atoms with van der Waals surface area (Å²) in [5, 5.41) is 2.71. The molecule has 0 aliphatic rings. The molecule has 0 aromatic heterocycles. The highest BCUT2D eigenvalue weighted by Gasteiger charge is 2.23. The van der Waals surface area contributed by atoms with Crippen LogP contribution in [0, 0.1) is 6.92 Å². The van der Waals surface area contributed by atoms with Crippen molar-refractivity contribution in [1.82, 2.24) is 9.62 Å². The van der Waals surface area contributed by atoms with Crippen LogP contribution in [0.25, 0.3) is 0 Å². The minimum atomic E-state index is -3.70. The van der Waals surface area contributed by atoms with Crippen molar-refractivity contribution in [2.45, 2.75) is 38.5 Å². The molecule has 0 saturated carbocycles. The summed E-state index contributed by atoms with van der Waals surface area (Å²) in [5.74, 6) is 0.360. The fourth-order valence-corrected chi connectivity index (χ4v) is 3.24. The van der Waals surface area contributed by atoms with Crippen molar-refractivity contribution < 1.29 is 17.9 Å². The van der Waals surface area contributed by atoms with Gasteiger partial charge in [0.25, 0.3) is 0 Å². The molecule has 130 valence electrons. The average molecular weight is 342 g/mol. The number of benzene rings is 1. The quantitative estimate of drug-likeness (QED) is 0.696. The number of nitrogens with zero attached hydrogens (tertiary/aromatic N) is 1. The summed E-state index contributed by atoms with van der Waals surface area (Å²) in [6, 6.07) is 4.70. The maximum Gasteiger partial charge on any atom is 0.243 e. The third-order valence-corrected chi connectivity index (χ3v) is 5.17. The van der Waals surface area contributed by atoms with Gasteiger partial charge in [-0.1, -0.05) is 13.3 Å². The fraction of sp³-hybridized carbons (Fsp3) is 0.562. The molecule has 0 aliphatic carbocycles. The van der Waals surface area contributed by atoms with Gasteiger partial charge in [0.1, 0.15) is 5.75 Å². The zero-order chi connectivity index (χ0) is 17.5. The van der Waals surface area contributed by atoms with E-state index >= 15 is 0 Å². The van der Waals surface area contributed by atoms with E-state index in [1.54, 1.807) is 19.1 Å². The summed E-state index contributed by atoms with van der Waals surface area (Å²) in [7, 11) is -2.30. The van der Waals surface area contributed by atoms with Crippen LogP contribution in [0.2, 0.25) is 0 Å². The minimum Gasteiger partial charge on any atom is -0.494 e. The van der Waals surface area contributed by atoms with Gasteiger partial charge in [-0.25, -0.2) is 8.42 Å². The molecule has 0 atom stereocenters. The van der Waals surface area contributed by atoms with E-state index in [1.165, 1.54) is 13.1 Å². The van der Waals surface area contributed by atoms with Crippen molar-refractivity contribution in [2.75, 3.05) is 26.7 Å². The highest BCUT2D eigenvalue weighted by Crippen LogP contribution is 2.23. The number of unbranched alkanes of at least 4 members (excludes halogenated alkanes) is 1. The van der Waals surface area contributed by atoms with Gasteiger partial charge in [0.2, 0.25) is 15.9 Å². The Morgan fingerprint density at radius 2 is 2.00 bits per heavy atom. The summed E-state index contributed by atoms with van der Waals surface area (Å²) in [6.07, 6.45) is 1.85. The number of sulfonamides is 1. The molecule has 0 saturated heterocycles. The Hall–Kier alpha value is -1.60. The zero-order valence-corrected chi connectivity index (χ0v) is 15.1. The Labute approximate surface area is 138 Å². The number of hydrogen-bond donors (Lipinski definition) is 1. The number of carbonyl (C=O) groups is 1. The largest absolute Gasteiger partial charge is 0.494 e. The van der Waals surface area contributed by atoms with E-state index in [2.05, 4.69) is 5.32 Å². The van der Waals surface area contributed by atoms with E-state index < -0.39 is 10.0 Å². The lowest BCUT2D eigenvalue weighted by Crippen LogP contribution is -2.38. The van der Waals surface area contributed by atoms with Crippen LogP contribution in [-0.2, 0) is 14.8 Å². The van der Waals surface area contributed by atoms with Crippen molar-refractivity contribution in [3.05, 3.63) is 23.8 Å². The molecule has 0 radical (unpaired) electrons. The normalized spacial score (nSPS) is 11.5. The van der Waals surface area contributed by atoms with E-state index in [0.29, 0.717) is 18.9 Å². The van der Waals surface area contributed by atoms with E-state index in [1.807, 2.05) is 13.8 Å². The van der Waals surface area contributed by atoms with Crippen molar-refractivity contribution in [1.29, 1.82) is 0 Å². The van der Waals surface area contributed by atoms with Crippen LogP contribution in [0.3, 0.4) is 0 Å². The Kier molecular flexibility index (Phi) is 7.51. The zero-order valence-electron chi connectivity index (χ0n) is 14.3. The van der Waals surface area contributed by atoms with Gasteiger partial charge in [0.05, 0.1) is 18.0 Å². The van der Waals surface area contributed by atoms with E-state index in [-0.39, 0.29) is 17.3 Å². The second-order valence-electron chi connectivity index (χ2n) is 5.32. The van der Waals surface area contributed by atoms with Crippen molar-refractivity contribution in [3.8, 4) is 5.75 Å². The van der Waals surface area contributed by atoms with Gasteiger partial charge in [0, 0.05) is 13.6 Å². The van der Waals surface area contributed by atoms with Gasteiger partial charge in [-0.05, 0) is 44.0 Å². The number of carbonyl (C=O) groups excluding carboxylic acids is 1. The maximum absolute atomic E-state index is 12.5. The van der Waals surface area contributed by atoms with Crippen molar-refractivity contribution >= 4 is 15.9 Å². The Morgan fingerprint density at radius 1 is 1.30 bits per heavy atom. The molecule has 0 fully saturated rings. The number of likely N-dealkylation sites (N-methyl/N-ethyl adjacent to an activating group) is 1. The number of amides is 1. The Bertz CT molecular complexity index is 629. The molecule has 1 amide bonds. The first-order valence-corrected chi connectivity index (χ1v) is 9.23. The minimum absolute atomic E-state index is 0.155. The number of hydrogen-bond acceptors (Lipinski definition) is 4. The van der Waals surface area contributed by atoms with Crippen molar-refractivity contribution in [3.63, 3.8) is 0 Å². The lowest BCUT2D eigenvalue weighted by atomic mass is 10.2. The molecule has 0 heterocycles. The Morgan fingerprint density at radius 3 is 2.57 bits per heavy atom. The third-order valence-electron chi connectivity index (χ3n) is 3.37. The standard InChI is InChI=1S/C16H26N2O4S/c1-5-7-10-17-16(19)12-18(4)23(20,21)14-8-9-15(22-6-2)13(3)11-14/h8-9,11H,5-7,10,12H2,1-4H3,(H,17,19). The van der Waals surface area contributed by atoms with Crippen LogP contribution in [0.15, 0.2) is 23.1 Å². The summed E-state index contributed by atoms with van der Waals surface area (Å²) >= 11 is 0. The van der Waals surface area contributed by atoms with Gasteiger partial charge >= 0.3 is 0 Å². The molecule has 0 spiro atoms. The summed E-state index contributed by atoms with van der Waals surface area (Å²) in [5.41, 5.74) is 0.744. The molecular weight excluding hydrogens is 316 g/mol. The molecule has 1 N–H and O–H groups in total. The lowest BCUT2D eigenvalue weighted by molar-refractivity contribution is -0.121. The highest BCUT2D eigenvalue weighted by atomic mass is 32.2. The first-order valence-electron chi connectivity index (χ1n) is 7.79. The fourth-order valence-electron chi connectivity index (χ4n) is 2.03. The number of aryl methyl sites for hydroxylation is 1. The van der Waals surface area contributed by atoms with E-state index in [9.17, 15) is 13.2 Å². The van der Waals surface area contributed by atoms with Crippen LogP contribution >= 0.6 is 0 Å². The molecule has 1 aromatic rings. The number of nitrogens with one attached hydrogen (secondary N) is 1. The van der Waals surface area contributed by atoms with Crippen LogP contribution in [-0.4, -0.2) is 45.4 Å². The van der Waals surface area contributed by atoms with Gasteiger partial charge in [0.15, 0.2) is 0 Å². The topological polar surface area (TPSA) is 75.7 Å². The predicted molar refractivity (Wildman–Crippen MR) is 90.1 cm³/mol. The summed E-state index contributed by atoms with van der Waals surface area (Å²) in [4.78, 5) is 11.9. The van der Waals surface area contributed by atoms with Crippen molar-refractivity contribution in [2.24, 2.45) is 0 Å². The average Bonchev–Trinajstić information content (AvgIpc) is 2.49. The molecule has 6 nitrogen and oxygen atoms in total.